The number of likely N-dealkylation sites (N-methyl/N-ethyl adjacent to an activating group) is 1. The third-order valence-corrected chi connectivity index (χ3v) is 3.37. The van der Waals surface area contributed by atoms with Crippen molar-refractivity contribution < 1.29 is 4.79 Å². The average Bonchev–Trinajstić information content (AvgIpc) is 2.67. The Hall–Kier alpha value is -0.570. The summed E-state index contributed by atoms with van der Waals surface area (Å²) in [5.74, 6) is 0.177. The first kappa shape index (κ1) is 12.5. The Kier molecular flexibility index (Phi) is 4.58. The number of hydrogen-bond acceptors (Lipinski definition) is 2. The molecule has 1 rings (SSSR count). The molecule has 0 radical (unpaired) electrons. The number of nitrogens with two attached hydrogens (primary N) is 1. The SMILES string of the molecule is CCCCN(CC)C(=O)C1(N)CCCC1. The molecule has 0 spiro atoms. The molecule has 1 amide bonds. The second-order valence-corrected chi connectivity index (χ2v) is 4.60. The van der Waals surface area contributed by atoms with Gasteiger partial charge in [0, 0.05) is 13.1 Å². The van der Waals surface area contributed by atoms with Gasteiger partial charge in [-0.05, 0) is 26.2 Å². The van der Waals surface area contributed by atoms with E-state index in [0.29, 0.717) is 0 Å². The topological polar surface area (TPSA) is 46.3 Å². The van der Waals surface area contributed by atoms with Crippen molar-refractivity contribution in [2.24, 2.45) is 5.73 Å². The van der Waals surface area contributed by atoms with Gasteiger partial charge in [0.1, 0.15) is 0 Å². The van der Waals surface area contributed by atoms with Gasteiger partial charge in [0.05, 0.1) is 5.54 Å². The van der Waals surface area contributed by atoms with E-state index < -0.39 is 5.54 Å². The highest BCUT2D eigenvalue weighted by Gasteiger charge is 2.39. The van der Waals surface area contributed by atoms with E-state index in [-0.39, 0.29) is 5.91 Å². The zero-order valence-electron chi connectivity index (χ0n) is 10.1. The minimum absolute atomic E-state index is 0.177. The molecule has 1 aliphatic rings. The van der Waals surface area contributed by atoms with Crippen molar-refractivity contribution >= 4 is 5.91 Å². The number of hydrogen-bond donors (Lipinski definition) is 1. The molecular formula is C12H24N2O. The Bertz CT molecular complexity index is 210. The Balaban J connectivity index is 2.55. The summed E-state index contributed by atoms with van der Waals surface area (Å²) in [6, 6.07) is 0. The minimum atomic E-state index is -0.538. The highest BCUT2D eigenvalue weighted by atomic mass is 16.2. The van der Waals surface area contributed by atoms with Crippen molar-refractivity contribution in [3.8, 4) is 0 Å². The van der Waals surface area contributed by atoms with Gasteiger partial charge in [-0.2, -0.15) is 0 Å². The molecule has 0 aromatic carbocycles. The van der Waals surface area contributed by atoms with Crippen LogP contribution in [0.1, 0.15) is 52.4 Å². The van der Waals surface area contributed by atoms with E-state index >= 15 is 0 Å². The first-order valence-electron chi connectivity index (χ1n) is 6.22. The van der Waals surface area contributed by atoms with Gasteiger partial charge >= 0.3 is 0 Å². The summed E-state index contributed by atoms with van der Waals surface area (Å²) in [7, 11) is 0. The minimum Gasteiger partial charge on any atom is -0.341 e. The maximum atomic E-state index is 12.2. The molecule has 2 N–H and O–H groups in total. The van der Waals surface area contributed by atoms with Gasteiger partial charge in [-0.15, -0.1) is 0 Å². The highest BCUT2D eigenvalue weighted by molar-refractivity contribution is 5.86. The molecular weight excluding hydrogens is 188 g/mol. The molecule has 1 fully saturated rings. The molecule has 15 heavy (non-hydrogen) atoms. The summed E-state index contributed by atoms with van der Waals surface area (Å²) in [5, 5.41) is 0. The lowest BCUT2D eigenvalue weighted by Crippen LogP contribution is -2.53. The third kappa shape index (κ3) is 2.94. The second kappa shape index (κ2) is 5.50. The van der Waals surface area contributed by atoms with Crippen LogP contribution in [0, 0.1) is 0 Å². The van der Waals surface area contributed by atoms with Crippen LogP contribution in [0.2, 0.25) is 0 Å². The second-order valence-electron chi connectivity index (χ2n) is 4.60. The predicted molar refractivity (Wildman–Crippen MR) is 62.5 cm³/mol. The zero-order valence-corrected chi connectivity index (χ0v) is 10.1. The van der Waals surface area contributed by atoms with E-state index in [4.69, 9.17) is 5.73 Å². The van der Waals surface area contributed by atoms with Crippen LogP contribution < -0.4 is 5.73 Å². The summed E-state index contributed by atoms with van der Waals surface area (Å²) in [4.78, 5) is 14.1. The zero-order chi connectivity index (χ0) is 11.3. The van der Waals surface area contributed by atoms with Crippen molar-refractivity contribution in [2.45, 2.75) is 57.9 Å². The first-order valence-corrected chi connectivity index (χ1v) is 6.22. The van der Waals surface area contributed by atoms with Crippen LogP contribution in [-0.2, 0) is 4.79 Å². The number of amides is 1. The smallest absolute Gasteiger partial charge is 0.242 e. The Morgan fingerprint density at radius 1 is 1.33 bits per heavy atom. The highest BCUT2D eigenvalue weighted by Crippen LogP contribution is 2.29. The van der Waals surface area contributed by atoms with Gasteiger partial charge in [0.15, 0.2) is 0 Å². The van der Waals surface area contributed by atoms with Crippen LogP contribution in [-0.4, -0.2) is 29.4 Å². The van der Waals surface area contributed by atoms with E-state index in [0.717, 1.165) is 51.6 Å². The van der Waals surface area contributed by atoms with Gasteiger partial charge in [-0.1, -0.05) is 26.2 Å². The van der Waals surface area contributed by atoms with Crippen molar-refractivity contribution in [3.63, 3.8) is 0 Å². The van der Waals surface area contributed by atoms with E-state index in [2.05, 4.69) is 6.92 Å². The maximum absolute atomic E-state index is 12.2. The summed E-state index contributed by atoms with van der Waals surface area (Å²) < 4.78 is 0. The molecule has 0 bridgehead atoms. The van der Waals surface area contributed by atoms with Crippen molar-refractivity contribution in [2.75, 3.05) is 13.1 Å². The third-order valence-electron chi connectivity index (χ3n) is 3.37. The fourth-order valence-electron chi connectivity index (χ4n) is 2.29. The standard InChI is InChI=1S/C12H24N2O/c1-3-5-10-14(4-2)11(15)12(13)8-6-7-9-12/h3-10,13H2,1-2H3. The van der Waals surface area contributed by atoms with Crippen LogP contribution in [0.3, 0.4) is 0 Å². The summed E-state index contributed by atoms with van der Waals surface area (Å²) in [6.07, 6.45) is 6.15. The number of nitrogens with zero attached hydrogens (tertiary/aromatic N) is 1. The molecule has 0 heterocycles. The fraction of sp³-hybridized carbons (Fsp3) is 0.917. The van der Waals surface area contributed by atoms with E-state index in [9.17, 15) is 4.79 Å². The number of carbonyl (C=O) groups is 1. The molecule has 1 saturated carbocycles. The molecule has 3 heteroatoms. The Labute approximate surface area is 93.0 Å². The molecule has 0 unspecified atom stereocenters. The van der Waals surface area contributed by atoms with Crippen LogP contribution in [0.5, 0.6) is 0 Å². The van der Waals surface area contributed by atoms with Gasteiger partial charge in [-0.25, -0.2) is 0 Å². The molecule has 0 aromatic rings. The Morgan fingerprint density at radius 3 is 2.40 bits per heavy atom. The van der Waals surface area contributed by atoms with Crippen molar-refractivity contribution in [1.29, 1.82) is 0 Å². The monoisotopic (exact) mass is 212 g/mol. The summed E-state index contributed by atoms with van der Waals surface area (Å²) >= 11 is 0. The summed E-state index contributed by atoms with van der Waals surface area (Å²) in [5.41, 5.74) is 5.62. The first-order chi connectivity index (χ1) is 7.14. The normalized spacial score (nSPS) is 19.1. The van der Waals surface area contributed by atoms with Gasteiger partial charge in [-0.3, -0.25) is 4.79 Å². The van der Waals surface area contributed by atoms with E-state index in [1.54, 1.807) is 0 Å². The Morgan fingerprint density at radius 2 is 1.93 bits per heavy atom. The van der Waals surface area contributed by atoms with Crippen LogP contribution in [0.4, 0.5) is 0 Å². The molecule has 88 valence electrons. The average molecular weight is 212 g/mol. The molecule has 3 nitrogen and oxygen atoms in total. The molecule has 0 atom stereocenters. The lowest BCUT2D eigenvalue weighted by molar-refractivity contribution is -0.136. The maximum Gasteiger partial charge on any atom is 0.242 e. The lowest BCUT2D eigenvalue weighted by Gasteiger charge is -2.30. The molecule has 0 aromatic heterocycles. The lowest BCUT2D eigenvalue weighted by atomic mass is 9.97. The number of unbranched alkanes of at least 4 members (excludes halogenated alkanes) is 1. The van der Waals surface area contributed by atoms with Gasteiger partial charge < -0.3 is 10.6 Å². The molecule has 0 aliphatic heterocycles. The van der Waals surface area contributed by atoms with Crippen LogP contribution in [0.15, 0.2) is 0 Å². The number of rotatable bonds is 5. The predicted octanol–water partition coefficient (Wildman–Crippen LogP) is 1.91. The van der Waals surface area contributed by atoms with Crippen molar-refractivity contribution in [1.82, 2.24) is 4.90 Å². The van der Waals surface area contributed by atoms with Gasteiger partial charge in [0.2, 0.25) is 5.91 Å². The molecule has 1 aliphatic carbocycles. The quantitative estimate of drug-likeness (QED) is 0.756. The summed E-state index contributed by atoms with van der Waals surface area (Å²) in [6.45, 7) is 5.83. The van der Waals surface area contributed by atoms with Crippen LogP contribution >= 0.6 is 0 Å². The van der Waals surface area contributed by atoms with Gasteiger partial charge in [0.25, 0.3) is 0 Å². The molecule has 0 saturated heterocycles. The largest absolute Gasteiger partial charge is 0.341 e. The fourth-order valence-corrected chi connectivity index (χ4v) is 2.29. The van der Waals surface area contributed by atoms with Crippen molar-refractivity contribution in [3.05, 3.63) is 0 Å². The van der Waals surface area contributed by atoms with Crippen LogP contribution in [0.25, 0.3) is 0 Å². The van der Waals surface area contributed by atoms with E-state index in [1.807, 2.05) is 11.8 Å². The van der Waals surface area contributed by atoms with E-state index in [1.165, 1.54) is 0 Å². The number of carbonyl (C=O) groups excluding carboxylic acids is 1.